The van der Waals surface area contributed by atoms with Gasteiger partial charge in [-0.05, 0) is 42.0 Å². The number of rotatable bonds is 3. The van der Waals surface area contributed by atoms with Gasteiger partial charge in [0.1, 0.15) is 6.10 Å². The van der Waals surface area contributed by atoms with Crippen LogP contribution in [0.1, 0.15) is 58.7 Å². The van der Waals surface area contributed by atoms with Crippen molar-refractivity contribution in [3.05, 3.63) is 46.0 Å². The van der Waals surface area contributed by atoms with Gasteiger partial charge >= 0.3 is 0 Å². The van der Waals surface area contributed by atoms with E-state index in [2.05, 4.69) is 11.4 Å². The molecule has 1 aliphatic heterocycles. The molecule has 2 aliphatic rings. The van der Waals surface area contributed by atoms with Gasteiger partial charge in [0.2, 0.25) is 0 Å². The minimum atomic E-state index is -0.0962. The number of carbonyl (C=O) groups excluding carboxylic acids is 1. The van der Waals surface area contributed by atoms with Gasteiger partial charge in [-0.15, -0.1) is 11.3 Å². The third-order valence-corrected chi connectivity index (χ3v) is 6.04. The fourth-order valence-electron chi connectivity index (χ4n) is 3.80. The summed E-state index contributed by atoms with van der Waals surface area (Å²) in [4.78, 5) is 15.6. The molecule has 0 unspecified atom stereocenters. The molecule has 4 rings (SSSR count). The van der Waals surface area contributed by atoms with Crippen molar-refractivity contribution in [2.24, 2.45) is 0 Å². The summed E-state index contributed by atoms with van der Waals surface area (Å²) in [6.45, 7) is 0.562. The average molecular weight is 331 g/mol. The van der Waals surface area contributed by atoms with Crippen molar-refractivity contribution in [3.8, 4) is 0 Å². The summed E-state index contributed by atoms with van der Waals surface area (Å²) in [5.41, 5.74) is 1.28. The number of carbonyl (C=O) groups is 1. The van der Waals surface area contributed by atoms with E-state index in [4.69, 9.17) is 9.15 Å². The Balaban J connectivity index is 1.54. The Bertz CT molecular complexity index is 678. The first-order chi connectivity index (χ1) is 11.2. The zero-order valence-electron chi connectivity index (χ0n) is 13.2. The zero-order chi connectivity index (χ0) is 15.8. The van der Waals surface area contributed by atoms with E-state index in [-0.39, 0.29) is 12.0 Å². The van der Waals surface area contributed by atoms with Gasteiger partial charge in [0, 0.05) is 17.8 Å². The van der Waals surface area contributed by atoms with Crippen LogP contribution in [0, 0.1) is 0 Å². The molecule has 1 amide bonds. The highest BCUT2D eigenvalue weighted by Crippen LogP contribution is 2.47. The van der Waals surface area contributed by atoms with Crippen molar-refractivity contribution < 1.29 is 13.9 Å². The Hall–Kier alpha value is -1.59. The zero-order valence-corrected chi connectivity index (χ0v) is 14.1. The molecule has 122 valence electrons. The summed E-state index contributed by atoms with van der Waals surface area (Å²) in [6, 6.07) is 5.61. The Labute approximate surface area is 140 Å². The average Bonchev–Trinajstić information content (AvgIpc) is 3.26. The molecule has 3 heterocycles. The van der Waals surface area contributed by atoms with Gasteiger partial charge < -0.3 is 14.1 Å². The van der Waals surface area contributed by atoms with E-state index in [1.807, 2.05) is 18.4 Å². The van der Waals surface area contributed by atoms with Crippen LogP contribution >= 0.6 is 11.3 Å². The van der Waals surface area contributed by atoms with Crippen molar-refractivity contribution in [1.82, 2.24) is 4.90 Å². The van der Waals surface area contributed by atoms with E-state index in [1.54, 1.807) is 17.0 Å². The van der Waals surface area contributed by atoms with Crippen LogP contribution in [-0.4, -0.2) is 30.5 Å². The third kappa shape index (κ3) is 2.72. The number of nitrogens with zero attached hydrogens (tertiary/aromatic N) is 1. The fraction of sp³-hybridized carbons (Fsp3) is 0.500. The number of amides is 1. The fourth-order valence-corrected chi connectivity index (χ4v) is 4.94. The molecule has 23 heavy (non-hydrogen) atoms. The summed E-state index contributed by atoms with van der Waals surface area (Å²) in [6.07, 6.45) is 6.72. The lowest BCUT2D eigenvalue weighted by Crippen LogP contribution is -2.38. The molecule has 0 spiro atoms. The molecule has 1 saturated carbocycles. The van der Waals surface area contributed by atoms with Gasteiger partial charge in [-0.25, -0.2) is 0 Å². The highest BCUT2D eigenvalue weighted by atomic mass is 32.1. The molecule has 2 aromatic rings. The Morgan fingerprint density at radius 3 is 3.04 bits per heavy atom. The molecule has 3 atom stereocenters. The number of fused-ring (bicyclic) bond motifs is 3. The van der Waals surface area contributed by atoms with Crippen molar-refractivity contribution in [1.29, 1.82) is 0 Å². The van der Waals surface area contributed by atoms with E-state index in [0.29, 0.717) is 24.3 Å². The van der Waals surface area contributed by atoms with Gasteiger partial charge in [0.15, 0.2) is 5.76 Å². The first-order valence-corrected chi connectivity index (χ1v) is 9.13. The molecule has 1 fully saturated rings. The summed E-state index contributed by atoms with van der Waals surface area (Å²) in [5.74, 6) is 0.839. The summed E-state index contributed by atoms with van der Waals surface area (Å²) >= 11 is 1.85. The Kier molecular flexibility index (Phi) is 3.99. The Morgan fingerprint density at radius 2 is 2.22 bits per heavy atom. The molecule has 1 aliphatic carbocycles. The van der Waals surface area contributed by atoms with Crippen LogP contribution in [-0.2, 0) is 4.74 Å². The lowest BCUT2D eigenvalue weighted by atomic mass is 9.81. The molecule has 0 bridgehead atoms. The number of likely N-dealkylation sites (N-methyl/N-ethyl adjacent to an activating group) is 1. The molecule has 5 heteroatoms. The molecular formula is C18H21NO3S. The highest BCUT2D eigenvalue weighted by molar-refractivity contribution is 7.10. The minimum absolute atomic E-state index is 0.0282. The number of hydrogen-bond acceptors (Lipinski definition) is 4. The molecule has 2 aromatic heterocycles. The smallest absolute Gasteiger partial charge is 0.289 e. The van der Waals surface area contributed by atoms with E-state index in [1.165, 1.54) is 36.0 Å². The molecule has 0 saturated heterocycles. The SMILES string of the molecule is CN(C[C@@H]1O[C@H]2CCCC[C@@H]2c2sccc21)C(=O)c1ccco1. The molecule has 0 aromatic carbocycles. The Morgan fingerprint density at radius 1 is 1.35 bits per heavy atom. The number of ether oxygens (including phenoxy) is 1. The second kappa shape index (κ2) is 6.13. The number of thiophene rings is 1. The van der Waals surface area contributed by atoms with E-state index in [9.17, 15) is 4.79 Å². The van der Waals surface area contributed by atoms with Crippen LogP contribution in [0.25, 0.3) is 0 Å². The maximum Gasteiger partial charge on any atom is 0.289 e. The van der Waals surface area contributed by atoms with Crippen LogP contribution in [0.3, 0.4) is 0 Å². The summed E-state index contributed by atoms with van der Waals surface area (Å²) in [7, 11) is 1.81. The van der Waals surface area contributed by atoms with Crippen LogP contribution < -0.4 is 0 Å². The lowest BCUT2D eigenvalue weighted by molar-refractivity contribution is -0.0636. The van der Waals surface area contributed by atoms with Crippen LogP contribution in [0.2, 0.25) is 0 Å². The van der Waals surface area contributed by atoms with Crippen molar-refractivity contribution >= 4 is 17.2 Å². The molecule has 4 nitrogen and oxygen atoms in total. The third-order valence-electron chi connectivity index (χ3n) is 4.97. The predicted molar refractivity (Wildman–Crippen MR) is 88.8 cm³/mol. The van der Waals surface area contributed by atoms with Crippen LogP contribution in [0.4, 0.5) is 0 Å². The first kappa shape index (κ1) is 15.0. The van der Waals surface area contributed by atoms with Crippen LogP contribution in [0.15, 0.2) is 34.3 Å². The summed E-state index contributed by atoms with van der Waals surface area (Å²) in [5, 5.41) is 2.16. The highest BCUT2D eigenvalue weighted by Gasteiger charge is 2.38. The van der Waals surface area contributed by atoms with Crippen molar-refractivity contribution in [3.63, 3.8) is 0 Å². The number of furan rings is 1. The standard InChI is InChI=1S/C18H21NO3S/c1-19(18(20)15-7-4-9-21-15)11-16-13-8-10-23-17(13)12-5-2-3-6-14(12)22-16/h4,7-10,12,14,16H,2-3,5-6,11H2,1H3/t12-,14-,16-/m0/s1. The first-order valence-electron chi connectivity index (χ1n) is 8.26. The minimum Gasteiger partial charge on any atom is -0.459 e. The van der Waals surface area contributed by atoms with Gasteiger partial charge in [0.25, 0.3) is 5.91 Å². The largest absolute Gasteiger partial charge is 0.459 e. The van der Waals surface area contributed by atoms with E-state index >= 15 is 0 Å². The maximum atomic E-state index is 12.4. The predicted octanol–water partition coefficient (Wildman–Crippen LogP) is 4.21. The topological polar surface area (TPSA) is 42.7 Å². The van der Waals surface area contributed by atoms with E-state index < -0.39 is 0 Å². The molecular weight excluding hydrogens is 310 g/mol. The van der Waals surface area contributed by atoms with Gasteiger partial charge in [0.05, 0.1) is 18.9 Å². The van der Waals surface area contributed by atoms with Gasteiger partial charge in [-0.1, -0.05) is 12.8 Å². The van der Waals surface area contributed by atoms with Crippen molar-refractivity contribution in [2.45, 2.75) is 43.8 Å². The second-order valence-corrected chi connectivity index (χ2v) is 7.40. The normalized spacial score (nSPS) is 26.4. The van der Waals surface area contributed by atoms with Gasteiger partial charge in [-0.2, -0.15) is 0 Å². The monoisotopic (exact) mass is 331 g/mol. The quantitative estimate of drug-likeness (QED) is 0.846. The molecule has 0 radical (unpaired) electrons. The van der Waals surface area contributed by atoms with Gasteiger partial charge in [-0.3, -0.25) is 4.79 Å². The molecule has 0 N–H and O–H groups in total. The maximum absolute atomic E-state index is 12.4. The summed E-state index contributed by atoms with van der Waals surface area (Å²) < 4.78 is 11.6. The number of hydrogen-bond donors (Lipinski definition) is 0. The lowest BCUT2D eigenvalue weighted by Gasteiger charge is -2.40. The van der Waals surface area contributed by atoms with Crippen molar-refractivity contribution in [2.75, 3.05) is 13.6 Å². The van der Waals surface area contributed by atoms with Crippen LogP contribution in [0.5, 0.6) is 0 Å². The second-order valence-electron chi connectivity index (χ2n) is 6.46. The van der Waals surface area contributed by atoms with E-state index in [0.717, 1.165) is 6.42 Å².